The van der Waals surface area contributed by atoms with Gasteiger partial charge >= 0.3 is 6.18 Å². The van der Waals surface area contributed by atoms with E-state index in [2.05, 4.69) is 17.2 Å². The maximum atomic E-state index is 12.7. The van der Waals surface area contributed by atoms with Crippen LogP contribution in [0, 0.1) is 5.92 Å². The molecule has 1 unspecified atom stereocenters. The summed E-state index contributed by atoms with van der Waals surface area (Å²) in [6.45, 7) is 1.36. The Morgan fingerprint density at radius 3 is 2.83 bits per heavy atom. The Labute approximate surface area is 108 Å². The Balaban J connectivity index is 2.04. The van der Waals surface area contributed by atoms with Gasteiger partial charge in [0.1, 0.15) is 11.7 Å². The molecule has 0 spiro atoms. The standard InChI is InChI=1S/C10H13F3N4S/c11-10(12,13)7(9(14)18)5-16-3-4-17-2-1-15-8(17)6-16/h1-2,7H,3-6H2,(H2,14,18). The first-order chi connectivity index (χ1) is 8.38. The molecule has 0 bridgehead atoms. The highest BCUT2D eigenvalue weighted by Gasteiger charge is 2.42. The number of alkyl halides is 3. The summed E-state index contributed by atoms with van der Waals surface area (Å²) in [6.07, 6.45) is -0.923. The van der Waals surface area contributed by atoms with E-state index >= 15 is 0 Å². The largest absolute Gasteiger partial charge is 0.399 e. The Hall–Kier alpha value is -1.15. The minimum Gasteiger partial charge on any atom is -0.393 e. The van der Waals surface area contributed by atoms with Crippen molar-refractivity contribution in [2.45, 2.75) is 19.3 Å². The van der Waals surface area contributed by atoms with E-state index < -0.39 is 17.1 Å². The fraction of sp³-hybridized carbons (Fsp3) is 0.600. The summed E-state index contributed by atoms with van der Waals surface area (Å²) in [5.41, 5.74) is 5.18. The number of imidazole rings is 1. The molecule has 100 valence electrons. The van der Waals surface area contributed by atoms with Crippen molar-refractivity contribution in [1.29, 1.82) is 0 Å². The van der Waals surface area contributed by atoms with Crippen LogP contribution in [0.5, 0.6) is 0 Å². The van der Waals surface area contributed by atoms with Gasteiger partial charge in [0.2, 0.25) is 0 Å². The van der Waals surface area contributed by atoms with E-state index in [1.165, 1.54) is 0 Å². The summed E-state index contributed by atoms with van der Waals surface area (Å²) in [5, 5.41) is 0. The van der Waals surface area contributed by atoms with Gasteiger partial charge in [-0.05, 0) is 0 Å². The number of hydrogen-bond donors (Lipinski definition) is 1. The van der Waals surface area contributed by atoms with Crippen molar-refractivity contribution >= 4 is 17.2 Å². The summed E-state index contributed by atoms with van der Waals surface area (Å²) in [6, 6.07) is 0. The third kappa shape index (κ3) is 2.81. The van der Waals surface area contributed by atoms with Crippen LogP contribution in [0.2, 0.25) is 0 Å². The third-order valence-electron chi connectivity index (χ3n) is 3.00. The van der Waals surface area contributed by atoms with Gasteiger partial charge in [-0.15, -0.1) is 0 Å². The first-order valence-electron chi connectivity index (χ1n) is 5.46. The van der Waals surface area contributed by atoms with Gasteiger partial charge in [-0.25, -0.2) is 4.98 Å². The van der Waals surface area contributed by atoms with Crippen LogP contribution in [-0.2, 0) is 13.1 Å². The van der Waals surface area contributed by atoms with Crippen molar-refractivity contribution in [1.82, 2.24) is 14.5 Å². The smallest absolute Gasteiger partial charge is 0.393 e. The van der Waals surface area contributed by atoms with Crippen molar-refractivity contribution in [2.24, 2.45) is 11.7 Å². The van der Waals surface area contributed by atoms with Gasteiger partial charge in [-0.1, -0.05) is 12.2 Å². The molecule has 1 aromatic heterocycles. The van der Waals surface area contributed by atoms with Gasteiger partial charge in [-0.2, -0.15) is 13.2 Å². The second-order valence-electron chi connectivity index (χ2n) is 4.27. The molecule has 8 heteroatoms. The van der Waals surface area contributed by atoms with Gasteiger partial charge in [0, 0.05) is 32.0 Å². The van der Waals surface area contributed by atoms with Gasteiger partial charge in [0.25, 0.3) is 0 Å². The van der Waals surface area contributed by atoms with Crippen molar-refractivity contribution in [2.75, 3.05) is 13.1 Å². The lowest BCUT2D eigenvalue weighted by atomic mass is 10.1. The quantitative estimate of drug-likeness (QED) is 0.843. The van der Waals surface area contributed by atoms with Crippen LogP contribution in [-0.4, -0.2) is 38.7 Å². The molecule has 2 N–H and O–H groups in total. The molecule has 18 heavy (non-hydrogen) atoms. The van der Waals surface area contributed by atoms with Crippen LogP contribution in [0.1, 0.15) is 5.82 Å². The number of nitrogens with zero attached hydrogens (tertiary/aromatic N) is 3. The second kappa shape index (κ2) is 4.85. The van der Waals surface area contributed by atoms with E-state index in [4.69, 9.17) is 5.73 Å². The zero-order valence-electron chi connectivity index (χ0n) is 9.52. The molecule has 1 aliphatic heterocycles. The normalized spacial score (nSPS) is 18.4. The average Bonchev–Trinajstić information content (AvgIpc) is 2.70. The molecule has 0 radical (unpaired) electrons. The molecule has 0 saturated heterocycles. The number of fused-ring (bicyclic) bond motifs is 1. The molecule has 1 aliphatic rings. The van der Waals surface area contributed by atoms with Crippen molar-refractivity contribution in [3.63, 3.8) is 0 Å². The Kier molecular flexibility index (Phi) is 3.58. The highest BCUT2D eigenvalue weighted by Crippen LogP contribution is 2.28. The first kappa shape index (κ1) is 13.3. The molecule has 2 rings (SSSR count). The maximum absolute atomic E-state index is 12.7. The maximum Gasteiger partial charge on any atom is 0.399 e. The topological polar surface area (TPSA) is 47.1 Å². The van der Waals surface area contributed by atoms with E-state index in [0.29, 0.717) is 19.6 Å². The second-order valence-corrected chi connectivity index (χ2v) is 4.74. The summed E-state index contributed by atoms with van der Waals surface area (Å²) < 4.78 is 40.2. The van der Waals surface area contributed by atoms with Crippen LogP contribution in [0.4, 0.5) is 13.2 Å². The van der Waals surface area contributed by atoms with Crippen LogP contribution in [0.25, 0.3) is 0 Å². The number of hydrogen-bond acceptors (Lipinski definition) is 3. The Morgan fingerprint density at radius 1 is 1.50 bits per heavy atom. The van der Waals surface area contributed by atoms with Gasteiger partial charge in [0.15, 0.2) is 0 Å². The summed E-state index contributed by atoms with van der Waals surface area (Å²) in [7, 11) is 0. The van der Waals surface area contributed by atoms with E-state index in [1.54, 1.807) is 11.1 Å². The third-order valence-corrected chi connectivity index (χ3v) is 3.29. The summed E-state index contributed by atoms with van der Waals surface area (Å²) in [5.74, 6) is -0.987. The molecule has 2 heterocycles. The molecule has 0 saturated carbocycles. The Bertz CT molecular complexity index is 443. The zero-order valence-corrected chi connectivity index (χ0v) is 10.3. The van der Waals surface area contributed by atoms with Gasteiger partial charge in [0.05, 0.1) is 11.5 Å². The molecule has 1 atom stereocenters. The number of nitrogens with two attached hydrogens (primary N) is 1. The minimum absolute atomic E-state index is 0.203. The number of rotatable bonds is 3. The zero-order chi connectivity index (χ0) is 13.3. The summed E-state index contributed by atoms with van der Waals surface area (Å²) >= 11 is 4.51. The molecular weight excluding hydrogens is 265 g/mol. The predicted octanol–water partition coefficient (Wildman–Crippen LogP) is 1.16. The van der Waals surface area contributed by atoms with E-state index in [9.17, 15) is 13.2 Å². The minimum atomic E-state index is -4.39. The average molecular weight is 278 g/mol. The van der Waals surface area contributed by atoms with E-state index in [-0.39, 0.29) is 6.54 Å². The molecule has 0 fully saturated rings. The van der Waals surface area contributed by atoms with Crippen molar-refractivity contribution in [3.05, 3.63) is 18.2 Å². The highest BCUT2D eigenvalue weighted by molar-refractivity contribution is 7.80. The lowest BCUT2D eigenvalue weighted by Crippen LogP contribution is -2.45. The number of aromatic nitrogens is 2. The van der Waals surface area contributed by atoms with Crippen molar-refractivity contribution in [3.8, 4) is 0 Å². The fourth-order valence-electron chi connectivity index (χ4n) is 1.99. The number of halogens is 3. The van der Waals surface area contributed by atoms with Crippen LogP contribution < -0.4 is 5.73 Å². The lowest BCUT2D eigenvalue weighted by Gasteiger charge is -2.31. The lowest BCUT2D eigenvalue weighted by molar-refractivity contribution is -0.160. The van der Waals surface area contributed by atoms with E-state index in [1.807, 2.05) is 10.8 Å². The van der Waals surface area contributed by atoms with Gasteiger partial charge < -0.3 is 10.3 Å². The molecule has 0 amide bonds. The van der Waals surface area contributed by atoms with Crippen molar-refractivity contribution < 1.29 is 13.2 Å². The predicted molar refractivity (Wildman–Crippen MR) is 63.8 cm³/mol. The molecule has 0 aliphatic carbocycles. The SMILES string of the molecule is NC(=S)C(CN1CCn2ccnc2C1)C(F)(F)F. The monoisotopic (exact) mass is 278 g/mol. The van der Waals surface area contributed by atoms with Crippen LogP contribution in [0.3, 0.4) is 0 Å². The Morgan fingerprint density at radius 2 is 2.22 bits per heavy atom. The van der Waals surface area contributed by atoms with Crippen LogP contribution >= 0.6 is 12.2 Å². The molecular formula is C10H13F3N4S. The van der Waals surface area contributed by atoms with Crippen LogP contribution in [0.15, 0.2) is 12.4 Å². The first-order valence-corrected chi connectivity index (χ1v) is 5.87. The van der Waals surface area contributed by atoms with Gasteiger partial charge in [-0.3, -0.25) is 4.90 Å². The summed E-state index contributed by atoms with van der Waals surface area (Å²) in [4.78, 5) is 5.27. The number of thiocarbonyl (C=S) groups is 1. The highest BCUT2D eigenvalue weighted by atomic mass is 32.1. The molecule has 1 aromatic rings. The fourth-order valence-corrected chi connectivity index (χ4v) is 2.20. The molecule has 4 nitrogen and oxygen atoms in total. The molecule has 0 aromatic carbocycles. The van der Waals surface area contributed by atoms with E-state index in [0.717, 1.165) is 5.82 Å².